The van der Waals surface area contributed by atoms with Crippen molar-refractivity contribution in [3.63, 3.8) is 0 Å². The first-order valence-electron chi connectivity index (χ1n) is 3.64. The number of carbonyl (C=O) groups is 3. The highest BCUT2D eigenvalue weighted by Gasteiger charge is 2.04. The van der Waals surface area contributed by atoms with Crippen LogP contribution in [0.5, 0.6) is 0 Å². The van der Waals surface area contributed by atoms with Crippen molar-refractivity contribution in [3.8, 4) is 0 Å². The van der Waals surface area contributed by atoms with Gasteiger partial charge in [0.1, 0.15) is 6.54 Å². The van der Waals surface area contributed by atoms with Gasteiger partial charge in [0.15, 0.2) is 0 Å². The molecule has 0 heterocycles. The number of methoxy groups -OCH3 is 1. The average molecular weight is 225 g/mol. The predicted molar refractivity (Wildman–Crippen MR) is 51.0 cm³/mol. The van der Waals surface area contributed by atoms with Crippen LogP contribution >= 0.6 is 12.4 Å². The zero-order valence-electron chi connectivity index (χ0n) is 7.96. The van der Waals surface area contributed by atoms with Crippen molar-refractivity contribution in [2.75, 3.05) is 20.2 Å². The van der Waals surface area contributed by atoms with Crippen LogP contribution in [0.1, 0.15) is 6.92 Å². The molecule has 0 bridgehead atoms. The lowest BCUT2D eigenvalue weighted by Crippen LogP contribution is -2.38. The molecule has 0 aliphatic rings. The standard InChI is InChI=1S/C7H12N2O4.ClH/c1-5(10)8-3-6(11)9-4-7(12)13-2;/h3-4H2,1-2H3,(H,8,10)(H,9,11);1H. The number of halogens is 1. The van der Waals surface area contributed by atoms with Gasteiger partial charge >= 0.3 is 5.97 Å². The molecule has 0 rings (SSSR count). The fourth-order valence-electron chi connectivity index (χ4n) is 0.510. The van der Waals surface area contributed by atoms with Crippen molar-refractivity contribution in [2.45, 2.75) is 6.92 Å². The van der Waals surface area contributed by atoms with Gasteiger partial charge in [-0.2, -0.15) is 0 Å². The van der Waals surface area contributed by atoms with Crippen LogP contribution in [0, 0.1) is 0 Å². The van der Waals surface area contributed by atoms with Crippen LogP contribution in [0.25, 0.3) is 0 Å². The Hall–Kier alpha value is -1.30. The minimum Gasteiger partial charge on any atom is -0.468 e. The minimum absolute atomic E-state index is 0. The first kappa shape index (κ1) is 15.2. The lowest BCUT2D eigenvalue weighted by atomic mass is 10.5. The molecule has 0 aliphatic carbocycles. The third kappa shape index (κ3) is 8.79. The van der Waals surface area contributed by atoms with Gasteiger partial charge in [0.05, 0.1) is 13.7 Å². The zero-order valence-corrected chi connectivity index (χ0v) is 8.77. The topological polar surface area (TPSA) is 84.5 Å². The Morgan fingerprint density at radius 1 is 1.14 bits per heavy atom. The van der Waals surface area contributed by atoms with Gasteiger partial charge in [-0.15, -0.1) is 12.4 Å². The normalized spacial score (nSPS) is 8.14. The van der Waals surface area contributed by atoms with E-state index in [0.717, 1.165) is 0 Å². The summed E-state index contributed by atoms with van der Waals surface area (Å²) in [6.07, 6.45) is 0. The SMILES string of the molecule is COC(=O)CNC(=O)CNC(C)=O.Cl. The van der Waals surface area contributed by atoms with Crippen LogP contribution < -0.4 is 10.6 Å². The first-order valence-corrected chi connectivity index (χ1v) is 3.64. The highest BCUT2D eigenvalue weighted by molar-refractivity contribution is 5.86. The number of amides is 2. The summed E-state index contributed by atoms with van der Waals surface area (Å²) in [6, 6.07) is 0. The van der Waals surface area contributed by atoms with Crippen molar-refractivity contribution in [2.24, 2.45) is 0 Å². The second kappa shape index (κ2) is 8.31. The largest absolute Gasteiger partial charge is 0.468 e. The Morgan fingerprint density at radius 2 is 1.71 bits per heavy atom. The van der Waals surface area contributed by atoms with E-state index in [9.17, 15) is 14.4 Å². The summed E-state index contributed by atoms with van der Waals surface area (Å²) < 4.78 is 4.29. The first-order chi connectivity index (χ1) is 6.06. The highest BCUT2D eigenvalue weighted by Crippen LogP contribution is 1.70. The maximum Gasteiger partial charge on any atom is 0.325 e. The molecule has 0 atom stereocenters. The molecule has 0 aromatic rings. The molecule has 0 fully saturated rings. The summed E-state index contributed by atoms with van der Waals surface area (Å²) in [4.78, 5) is 31.7. The van der Waals surface area contributed by atoms with Crippen LogP contribution in [0.15, 0.2) is 0 Å². The second-order valence-corrected chi connectivity index (χ2v) is 2.26. The van der Waals surface area contributed by atoms with Crippen LogP contribution in [0.4, 0.5) is 0 Å². The number of esters is 1. The molecular weight excluding hydrogens is 212 g/mol. The number of hydrogen-bond donors (Lipinski definition) is 2. The number of hydrogen-bond acceptors (Lipinski definition) is 4. The van der Waals surface area contributed by atoms with Gasteiger partial charge in [0, 0.05) is 6.92 Å². The van der Waals surface area contributed by atoms with E-state index < -0.39 is 11.9 Å². The summed E-state index contributed by atoms with van der Waals surface area (Å²) in [7, 11) is 1.22. The van der Waals surface area contributed by atoms with E-state index >= 15 is 0 Å². The van der Waals surface area contributed by atoms with Crippen molar-refractivity contribution in [3.05, 3.63) is 0 Å². The average Bonchev–Trinajstić information content (AvgIpc) is 2.10. The third-order valence-corrected chi connectivity index (χ3v) is 1.16. The van der Waals surface area contributed by atoms with E-state index in [4.69, 9.17) is 0 Å². The quantitative estimate of drug-likeness (QED) is 0.590. The van der Waals surface area contributed by atoms with Crippen molar-refractivity contribution in [1.82, 2.24) is 10.6 Å². The van der Waals surface area contributed by atoms with Crippen LogP contribution in [0.2, 0.25) is 0 Å². The van der Waals surface area contributed by atoms with E-state index in [1.165, 1.54) is 14.0 Å². The monoisotopic (exact) mass is 224 g/mol. The number of ether oxygens (including phenoxy) is 1. The fraction of sp³-hybridized carbons (Fsp3) is 0.571. The molecular formula is C7H13ClN2O4. The van der Waals surface area contributed by atoms with Crippen molar-refractivity contribution in [1.29, 1.82) is 0 Å². The summed E-state index contributed by atoms with van der Waals surface area (Å²) in [5.41, 5.74) is 0. The molecule has 0 aromatic heterocycles. The van der Waals surface area contributed by atoms with Gasteiger partial charge in [0.25, 0.3) is 0 Å². The Kier molecular flexibility index (Phi) is 9.01. The van der Waals surface area contributed by atoms with Gasteiger partial charge in [-0.1, -0.05) is 0 Å². The third-order valence-electron chi connectivity index (χ3n) is 1.16. The van der Waals surface area contributed by atoms with E-state index in [1.54, 1.807) is 0 Å². The molecule has 0 saturated carbocycles. The highest BCUT2D eigenvalue weighted by atomic mass is 35.5. The van der Waals surface area contributed by atoms with E-state index in [0.29, 0.717) is 0 Å². The molecule has 2 N–H and O–H groups in total. The summed E-state index contributed by atoms with van der Waals surface area (Å²) in [5, 5.41) is 4.54. The maximum atomic E-state index is 10.8. The summed E-state index contributed by atoms with van der Waals surface area (Å²) in [6.45, 7) is 0.981. The predicted octanol–water partition coefficient (Wildman–Crippen LogP) is -1.17. The Balaban J connectivity index is 0. The van der Waals surface area contributed by atoms with E-state index in [2.05, 4.69) is 15.4 Å². The Bertz CT molecular complexity index is 220. The van der Waals surface area contributed by atoms with Crippen LogP contribution in [0.3, 0.4) is 0 Å². The fourth-order valence-corrected chi connectivity index (χ4v) is 0.510. The molecule has 0 aliphatic heterocycles. The molecule has 7 heteroatoms. The van der Waals surface area contributed by atoms with Gasteiger partial charge in [-0.05, 0) is 0 Å². The zero-order chi connectivity index (χ0) is 10.3. The summed E-state index contributed by atoms with van der Waals surface area (Å²) >= 11 is 0. The Labute approximate surface area is 87.8 Å². The van der Waals surface area contributed by atoms with Gasteiger partial charge in [-0.3, -0.25) is 14.4 Å². The second-order valence-electron chi connectivity index (χ2n) is 2.26. The lowest BCUT2D eigenvalue weighted by Gasteiger charge is -2.03. The molecule has 0 spiro atoms. The molecule has 6 nitrogen and oxygen atoms in total. The molecule has 0 saturated heterocycles. The molecule has 0 radical (unpaired) electrons. The minimum atomic E-state index is -0.531. The number of rotatable bonds is 4. The van der Waals surface area contributed by atoms with Crippen molar-refractivity contribution >= 4 is 30.2 Å². The molecule has 0 aromatic carbocycles. The number of carbonyl (C=O) groups excluding carboxylic acids is 3. The molecule has 82 valence electrons. The van der Waals surface area contributed by atoms with E-state index in [-0.39, 0.29) is 31.4 Å². The lowest BCUT2D eigenvalue weighted by molar-refractivity contribution is -0.141. The maximum absolute atomic E-state index is 10.8. The van der Waals surface area contributed by atoms with Crippen LogP contribution in [-0.2, 0) is 19.1 Å². The smallest absolute Gasteiger partial charge is 0.325 e. The molecule has 0 unspecified atom stereocenters. The van der Waals surface area contributed by atoms with Crippen molar-refractivity contribution < 1.29 is 19.1 Å². The van der Waals surface area contributed by atoms with Gasteiger partial charge in [0.2, 0.25) is 11.8 Å². The van der Waals surface area contributed by atoms with Crippen LogP contribution in [-0.4, -0.2) is 38.0 Å². The number of nitrogens with one attached hydrogen (secondary N) is 2. The summed E-state index contributed by atoms with van der Waals surface area (Å²) in [5.74, 6) is -1.26. The molecule has 14 heavy (non-hydrogen) atoms. The van der Waals surface area contributed by atoms with Gasteiger partial charge < -0.3 is 15.4 Å². The van der Waals surface area contributed by atoms with E-state index in [1.807, 2.05) is 0 Å². The van der Waals surface area contributed by atoms with Gasteiger partial charge in [-0.25, -0.2) is 0 Å². The molecule has 2 amide bonds. The Morgan fingerprint density at radius 3 is 2.14 bits per heavy atom.